The summed E-state index contributed by atoms with van der Waals surface area (Å²) in [7, 11) is -1.06. The Hall–Kier alpha value is -2.45. The standard InChI is InChI=1S/C19H22BFN2O4/c1-12(16(21)20-26-18(2,3)19(4,5)27-20)13-6-8-14(9-7-13)23-11-10-15(24)22-17(23)25/h6-11H,1-5H3,(H,22,24,25). The number of hydrogen-bond acceptors (Lipinski definition) is 4. The fourth-order valence-electron chi connectivity index (χ4n) is 2.75. The molecular weight excluding hydrogens is 350 g/mol. The molecular formula is C19H22BFN2O4. The molecule has 27 heavy (non-hydrogen) atoms. The van der Waals surface area contributed by atoms with E-state index >= 15 is 0 Å². The maximum atomic E-state index is 14.9. The van der Waals surface area contributed by atoms with Crippen LogP contribution in [-0.4, -0.2) is 27.9 Å². The van der Waals surface area contributed by atoms with Gasteiger partial charge >= 0.3 is 12.8 Å². The van der Waals surface area contributed by atoms with Gasteiger partial charge in [-0.1, -0.05) is 12.1 Å². The summed E-state index contributed by atoms with van der Waals surface area (Å²) < 4.78 is 27.7. The molecule has 6 nitrogen and oxygen atoms in total. The summed E-state index contributed by atoms with van der Waals surface area (Å²) in [5, 5.41) is 0. The summed E-state index contributed by atoms with van der Waals surface area (Å²) in [5.41, 5.74) is -1.12. The molecule has 0 radical (unpaired) electrons. The van der Waals surface area contributed by atoms with Crippen molar-refractivity contribution in [2.45, 2.75) is 45.8 Å². The first-order valence-corrected chi connectivity index (χ1v) is 8.66. The molecule has 0 saturated carbocycles. The molecule has 0 atom stereocenters. The smallest absolute Gasteiger partial charge is 0.398 e. The number of halogens is 1. The lowest BCUT2D eigenvalue weighted by atomic mass is 9.83. The molecule has 8 heteroatoms. The highest BCUT2D eigenvalue weighted by atomic mass is 19.1. The molecule has 2 heterocycles. The molecule has 1 fully saturated rings. The summed E-state index contributed by atoms with van der Waals surface area (Å²) in [5.74, 6) is 0. The van der Waals surface area contributed by atoms with Crippen LogP contribution in [-0.2, 0) is 9.31 Å². The van der Waals surface area contributed by atoms with E-state index in [1.807, 2.05) is 27.7 Å². The number of nitrogens with zero attached hydrogens (tertiary/aromatic N) is 1. The van der Waals surface area contributed by atoms with E-state index in [0.29, 0.717) is 16.8 Å². The Bertz CT molecular complexity index is 989. The molecule has 0 amide bonds. The largest absolute Gasteiger partial charge is 0.525 e. The van der Waals surface area contributed by atoms with Gasteiger partial charge < -0.3 is 9.31 Å². The molecule has 3 rings (SSSR count). The average Bonchev–Trinajstić information content (AvgIpc) is 2.81. The number of nitrogens with one attached hydrogen (secondary N) is 1. The Morgan fingerprint density at radius 3 is 2.11 bits per heavy atom. The van der Waals surface area contributed by atoms with Gasteiger partial charge in [0.25, 0.3) is 5.56 Å². The normalized spacial score (nSPS) is 19.1. The fraction of sp³-hybridized carbons (Fsp3) is 0.368. The van der Waals surface area contributed by atoms with Crippen molar-refractivity contribution < 1.29 is 13.7 Å². The molecule has 1 aliphatic rings. The van der Waals surface area contributed by atoms with Crippen LogP contribution in [0, 0.1) is 0 Å². The van der Waals surface area contributed by atoms with Crippen LogP contribution in [0.15, 0.2) is 51.8 Å². The highest BCUT2D eigenvalue weighted by Crippen LogP contribution is 2.40. The summed E-state index contributed by atoms with van der Waals surface area (Å²) in [6.45, 7) is 9.12. The van der Waals surface area contributed by atoms with E-state index < -0.39 is 35.3 Å². The molecule has 1 N–H and O–H groups in total. The number of hydrogen-bond donors (Lipinski definition) is 1. The van der Waals surface area contributed by atoms with E-state index in [-0.39, 0.29) is 0 Å². The quantitative estimate of drug-likeness (QED) is 0.841. The van der Waals surface area contributed by atoms with Gasteiger partial charge in [-0.05, 0) is 57.9 Å². The predicted octanol–water partition coefficient (Wildman–Crippen LogP) is 2.86. The van der Waals surface area contributed by atoms with Crippen LogP contribution >= 0.6 is 0 Å². The molecule has 142 valence electrons. The second kappa shape index (κ2) is 6.62. The average molecular weight is 372 g/mol. The molecule has 1 saturated heterocycles. The zero-order valence-corrected chi connectivity index (χ0v) is 16.0. The maximum absolute atomic E-state index is 14.9. The van der Waals surface area contributed by atoms with Crippen LogP contribution in [0.4, 0.5) is 4.39 Å². The van der Waals surface area contributed by atoms with E-state index in [1.54, 1.807) is 31.2 Å². The first-order chi connectivity index (χ1) is 12.5. The van der Waals surface area contributed by atoms with Crippen LogP contribution in [0.5, 0.6) is 0 Å². The van der Waals surface area contributed by atoms with E-state index in [4.69, 9.17) is 9.31 Å². The van der Waals surface area contributed by atoms with Crippen LogP contribution < -0.4 is 11.2 Å². The van der Waals surface area contributed by atoms with Gasteiger partial charge in [-0.25, -0.2) is 9.18 Å². The molecule has 0 spiro atoms. The molecule has 1 aromatic carbocycles. The zero-order valence-electron chi connectivity index (χ0n) is 16.0. The van der Waals surface area contributed by atoms with Gasteiger partial charge in [0.05, 0.1) is 16.9 Å². The Balaban J connectivity index is 1.89. The minimum atomic E-state index is -1.06. The van der Waals surface area contributed by atoms with Crippen LogP contribution in [0.1, 0.15) is 40.2 Å². The second-order valence-electron chi connectivity index (χ2n) is 7.59. The Kier molecular flexibility index (Phi) is 4.73. The van der Waals surface area contributed by atoms with Crippen LogP contribution in [0.3, 0.4) is 0 Å². The monoisotopic (exact) mass is 372 g/mol. The van der Waals surface area contributed by atoms with Crippen molar-refractivity contribution in [3.05, 3.63) is 68.7 Å². The zero-order chi connectivity index (χ0) is 20.0. The fourth-order valence-corrected chi connectivity index (χ4v) is 2.75. The molecule has 0 bridgehead atoms. The van der Waals surface area contributed by atoms with Crippen molar-refractivity contribution in [3.8, 4) is 5.69 Å². The summed E-state index contributed by atoms with van der Waals surface area (Å²) in [6, 6.07) is 8.02. The molecule has 2 aromatic rings. The molecule has 0 aliphatic carbocycles. The van der Waals surface area contributed by atoms with Crippen LogP contribution in [0.25, 0.3) is 11.3 Å². The van der Waals surface area contributed by atoms with Crippen molar-refractivity contribution in [1.82, 2.24) is 9.55 Å². The minimum absolute atomic E-state index is 0.397. The van der Waals surface area contributed by atoms with Crippen molar-refractivity contribution in [1.29, 1.82) is 0 Å². The lowest BCUT2D eigenvalue weighted by Gasteiger charge is -2.32. The van der Waals surface area contributed by atoms with E-state index in [9.17, 15) is 14.0 Å². The van der Waals surface area contributed by atoms with Crippen molar-refractivity contribution in [3.63, 3.8) is 0 Å². The number of aromatic amines is 1. The van der Waals surface area contributed by atoms with Gasteiger partial charge in [-0.2, -0.15) is 0 Å². The highest BCUT2D eigenvalue weighted by Gasteiger charge is 2.53. The Labute approximate surface area is 156 Å². The SMILES string of the molecule is CC(=C(F)B1OC(C)(C)C(C)(C)O1)c1ccc(-n2ccc(=O)[nH]c2=O)cc1. The Morgan fingerprint density at radius 1 is 1.04 bits per heavy atom. The van der Waals surface area contributed by atoms with E-state index in [1.165, 1.54) is 16.8 Å². The van der Waals surface area contributed by atoms with Gasteiger partial charge in [0.2, 0.25) is 0 Å². The number of allylic oxidation sites excluding steroid dienone is 1. The number of H-pyrrole nitrogens is 1. The topological polar surface area (TPSA) is 73.3 Å². The van der Waals surface area contributed by atoms with Crippen LogP contribution in [0.2, 0.25) is 0 Å². The van der Waals surface area contributed by atoms with Crippen molar-refractivity contribution in [2.24, 2.45) is 0 Å². The number of aromatic nitrogens is 2. The first-order valence-electron chi connectivity index (χ1n) is 8.66. The maximum Gasteiger partial charge on any atom is 0.525 e. The van der Waals surface area contributed by atoms with Gasteiger partial charge in [0.1, 0.15) is 5.73 Å². The number of benzene rings is 1. The van der Waals surface area contributed by atoms with E-state index in [2.05, 4.69) is 4.98 Å². The summed E-state index contributed by atoms with van der Waals surface area (Å²) in [4.78, 5) is 25.2. The summed E-state index contributed by atoms with van der Waals surface area (Å²) >= 11 is 0. The van der Waals surface area contributed by atoms with Gasteiger partial charge in [0, 0.05) is 12.3 Å². The van der Waals surface area contributed by atoms with Gasteiger partial charge in [-0.15, -0.1) is 0 Å². The van der Waals surface area contributed by atoms with Gasteiger partial charge in [0.15, 0.2) is 0 Å². The predicted molar refractivity (Wildman–Crippen MR) is 102 cm³/mol. The van der Waals surface area contributed by atoms with E-state index in [0.717, 1.165) is 0 Å². The lowest BCUT2D eigenvalue weighted by molar-refractivity contribution is 0.00578. The third-order valence-corrected chi connectivity index (χ3v) is 5.22. The van der Waals surface area contributed by atoms with Crippen molar-refractivity contribution in [2.75, 3.05) is 0 Å². The van der Waals surface area contributed by atoms with Gasteiger partial charge in [-0.3, -0.25) is 14.3 Å². The summed E-state index contributed by atoms with van der Waals surface area (Å²) in [6.07, 6.45) is 1.39. The highest BCUT2D eigenvalue weighted by molar-refractivity contribution is 6.55. The third-order valence-electron chi connectivity index (χ3n) is 5.22. The second-order valence-corrected chi connectivity index (χ2v) is 7.59. The minimum Gasteiger partial charge on any atom is -0.398 e. The first kappa shape index (κ1) is 19.3. The molecule has 1 aliphatic heterocycles. The lowest BCUT2D eigenvalue weighted by Crippen LogP contribution is -2.41. The Morgan fingerprint density at radius 2 is 1.59 bits per heavy atom. The number of rotatable bonds is 3. The molecule has 1 aromatic heterocycles. The molecule has 0 unspecified atom stereocenters. The third kappa shape index (κ3) is 3.55. The van der Waals surface area contributed by atoms with Crippen molar-refractivity contribution >= 4 is 12.7 Å².